The Balaban J connectivity index is 2.25. The fraction of sp³-hybridized carbons (Fsp3) is 1.00. The van der Waals surface area contributed by atoms with Gasteiger partial charge in [0.25, 0.3) is 0 Å². The lowest BCUT2D eigenvalue weighted by atomic mass is 9.94. The van der Waals surface area contributed by atoms with E-state index in [2.05, 4.69) is 10.6 Å². The molecule has 0 unspecified atom stereocenters. The Morgan fingerprint density at radius 1 is 0.938 bits per heavy atom. The number of nitrogens with zero attached hydrogens (tertiary/aromatic N) is 2. The minimum absolute atomic E-state index is 0.0788. The summed E-state index contributed by atoms with van der Waals surface area (Å²) < 4.78 is 10.1. The molecule has 0 aromatic rings. The molecule has 2 aliphatic rings. The van der Waals surface area contributed by atoms with Gasteiger partial charge in [-0.15, -0.1) is 10.1 Å². The second-order valence-electron chi connectivity index (χ2n) is 4.25. The van der Waals surface area contributed by atoms with E-state index in [-0.39, 0.29) is 13.5 Å². The minimum atomic E-state index is -0.885. The Hall–Kier alpha value is -0.320. The van der Waals surface area contributed by atoms with Gasteiger partial charge in [-0.1, -0.05) is 0 Å². The molecule has 0 aromatic carbocycles. The lowest BCUT2D eigenvalue weighted by Gasteiger charge is -2.56. The van der Waals surface area contributed by atoms with E-state index < -0.39 is 11.3 Å². The smallest absolute Gasteiger partial charge is 0.130 e. The van der Waals surface area contributed by atoms with Crippen LogP contribution in [0.4, 0.5) is 0 Å². The molecule has 2 aliphatic heterocycles. The van der Waals surface area contributed by atoms with Gasteiger partial charge in [-0.05, 0) is 13.8 Å². The highest BCUT2D eigenvalue weighted by molar-refractivity contribution is 5.01. The summed E-state index contributed by atoms with van der Waals surface area (Å²) in [5.74, 6) is 0. The van der Waals surface area contributed by atoms with Crippen LogP contribution in [0.25, 0.3) is 0 Å². The summed E-state index contributed by atoms with van der Waals surface area (Å²) in [7, 11) is 0. The molecule has 8 nitrogen and oxygen atoms in total. The number of hydrogen-bond donors (Lipinski definition) is 4. The largest absolute Gasteiger partial charge is 0.349 e. The van der Waals surface area contributed by atoms with E-state index in [0.29, 0.717) is 13.5 Å². The zero-order valence-corrected chi connectivity index (χ0v) is 9.43. The van der Waals surface area contributed by atoms with Gasteiger partial charge in [0.1, 0.15) is 24.8 Å². The van der Waals surface area contributed by atoms with Crippen LogP contribution in [0, 0.1) is 0 Å². The van der Waals surface area contributed by atoms with Gasteiger partial charge in [0, 0.05) is 0 Å². The summed E-state index contributed by atoms with van der Waals surface area (Å²) in [6.07, 6.45) is 0. The molecule has 0 radical (unpaired) electrons. The monoisotopic (exact) mass is 234 g/mol. The second-order valence-corrected chi connectivity index (χ2v) is 4.25. The van der Waals surface area contributed by atoms with Crippen molar-refractivity contribution in [2.24, 2.45) is 0 Å². The Labute approximate surface area is 93.6 Å². The van der Waals surface area contributed by atoms with E-state index in [0.717, 1.165) is 10.1 Å². The Morgan fingerprint density at radius 3 is 1.62 bits per heavy atom. The standard InChI is InChI=1S/C8H18N4O4/c1-7(9-3-15-5-11(7)13)8(2)10-4-16-6-12(8)14/h9-10,13-14H,3-6H2,1-2H3/t7-,8-/m1/s1. The van der Waals surface area contributed by atoms with E-state index in [1.165, 1.54) is 0 Å². The number of hydroxylamine groups is 4. The number of hydrogen-bond acceptors (Lipinski definition) is 8. The maximum Gasteiger partial charge on any atom is 0.130 e. The van der Waals surface area contributed by atoms with E-state index in [9.17, 15) is 10.4 Å². The van der Waals surface area contributed by atoms with Gasteiger partial charge >= 0.3 is 0 Å². The van der Waals surface area contributed by atoms with Crippen LogP contribution in [-0.2, 0) is 9.47 Å². The first kappa shape index (κ1) is 12.1. The first-order chi connectivity index (χ1) is 7.51. The topological polar surface area (TPSA) is 89.5 Å². The quantitative estimate of drug-likeness (QED) is 0.453. The Kier molecular flexibility index (Phi) is 3.16. The second kappa shape index (κ2) is 4.17. The SMILES string of the molecule is C[C@@]1([C@]2(C)NCOCN2O)NCOCN1O. The van der Waals surface area contributed by atoms with Gasteiger partial charge in [-0.2, -0.15) is 0 Å². The molecule has 0 amide bonds. The van der Waals surface area contributed by atoms with Gasteiger partial charge in [-0.25, -0.2) is 0 Å². The lowest BCUT2D eigenvalue weighted by Crippen LogP contribution is -2.81. The van der Waals surface area contributed by atoms with Crippen molar-refractivity contribution in [2.45, 2.75) is 25.2 Å². The van der Waals surface area contributed by atoms with E-state index in [4.69, 9.17) is 9.47 Å². The minimum Gasteiger partial charge on any atom is -0.349 e. The van der Waals surface area contributed by atoms with Crippen molar-refractivity contribution in [3.8, 4) is 0 Å². The normalized spacial score (nSPS) is 43.5. The molecule has 8 heteroatoms. The summed E-state index contributed by atoms with van der Waals surface area (Å²) >= 11 is 0. The number of rotatable bonds is 1. The predicted molar refractivity (Wildman–Crippen MR) is 52.0 cm³/mol. The zero-order valence-electron chi connectivity index (χ0n) is 9.43. The molecule has 2 heterocycles. The number of nitrogens with one attached hydrogen (secondary N) is 2. The van der Waals surface area contributed by atoms with E-state index in [1.54, 1.807) is 13.8 Å². The third kappa shape index (κ3) is 1.63. The third-order valence-electron chi connectivity index (χ3n) is 3.44. The van der Waals surface area contributed by atoms with Gasteiger partial charge in [0.05, 0.1) is 13.5 Å². The van der Waals surface area contributed by atoms with Gasteiger partial charge in [0.15, 0.2) is 0 Å². The summed E-state index contributed by atoms with van der Waals surface area (Å²) in [5.41, 5.74) is -1.77. The van der Waals surface area contributed by atoms with Gasteiger partial charge in [0.2, 0.25) is 0 Å². The fourth-order valence-electron chi connectivity index (χ4n) is 1.93. The first-order valence-corrected chi connectivity index (χ1v) is 5.09. The molecule has 2 rings (SSSR count). The molecule has 0 aromatic heterocycles. The Morgan fingerprint density at radius 2 is 1.31 bits per heavy atom. The van der Waals surface area contributed by atoms with Crippen LogP contribution >= 0.6 is 0 Å². The van der Waals surface area contributed by atoms with Gasteiger partial charge < -0.3 is 19.9 Å². The summed E-state index contributed by atoms with van der Waals surface area (Å²) in [5, 5.41) is 27.8. The molecule has 0 saturated carbocycles. The number of ether oxygens (including phenoxy) is 2. The third-order valence-corrected chi connectivity index (χ3v) is 3.44. The highest BCUT2D eigenvalue weighted by Gasteiger charge is 2.55. The molecule has 4 N–H and O–H groups in total. The highest BCUT2D eigenvalue weighted by Crippen LogP contribution is 2.30. The van der Waals surface area contributed by atoms with Crippen molar-refractivity contribution in [1.82, 2.24) is 20.8 Å². The van der Waals surface area contributed by atoms with Crippen LogP contribution in [0.1, 0.15) is 13.8 Å². The van der Waals surface area contributed by atoms with Crippen LogP contribution in [0.2, 0.25) is 0 Å². The van der Waals surface area contributed by atoms with Crippen LogP contribution < -0.4 is 10.6 Å². The van der Waals surface area contributed by atoms with E-state index in [1.807, 2.05) is 0 Å². The van der Waals surface area contributed by atoms with Crippen LogP contribution in [0.15, 0.2) is 0 Å². The molecule has 2 fully saturated rings. The van der Waals surface area contributed by atoms with Crippen molar-refractivity contribution in [3.63, 3.8) is 0 Å². The average molecular weight is 234 g/mol. The maximum atomic E-state index is 9.89. The maximum absolute atomic E-state index is 9.89. The van der Waals surface area contributed by atoms with Crippen LogP contribution in [0.5, 0.6) is 0 Å². The van der Waals surface area contributed by atoms with Crippen molar-refractivity contribution in [1.29, 1.82) is 0 Å². The lowest BCUT2D eigenvalue weighted by molar-refractivity contribution is -0.358. The van der Waals surface area contributed by atoms with Crippen LogP contribution in [0.3, 0.4) is 0 Å². The molecule has 94 valence electrons. The summed E-state index contributed by atoms with van der Waals surface area (Å²) in [6.45, 7) is 4.32. The highest BCUT2D eigenvalue weighted by atomic mass is 16.6. The first-order valence-electron chi connectivity index (χ1n) is 5.09. The Bertz CT molecular complexity index is 242. The molecule has 0 spiro atoms. The average Bonchev–Trinajstić information content (AvgIpc) is 2.27. The fourth-order valence-corrected chi connectivity index (χ4v) is 1.93. The van der Waals surface area contributed by atoms with Crippen molar-refractivity contribution >= 4 is 0 Å². The molecule has 2 saturated heterocycles. The molecule has 16 heavy (non-hydrogen) atoms. The van der Waals surface area contributed by atoms with E-state index >= 15 is 0 Å². The summed E-state index contributed by atoms with van der Waals surface area (Å²) in [6, 6.07) is 0. The van der Waals surface area contributed by atoms with Gasteiger partial charge in [-0.3, -0.25) is 10.6 Å². The molecule has 0 bridgehead atoms. The van der Waals surface area contributed by atoms with Crippen LogP contribution in [-0.4, -0.2) is 58.8 Å². The molecule has 0 aliphatic carbocycles. The zero-order chi connectivity index (χ0) is 11.8. The summed E-state index contributed by atoms with van der Waals surface area (Å²) in [4.78, 5) is 0. The molecular formula is C8H18N4O4. The van der Waals surface area contributed by atoms with Crippen molar-refractivity contribution in [3.05, 3.63) is 0 Å². The predicted octanol–water partition coefficient (Wildman–Crippen LogP) is -1.13. The van der Waals surface area contributed by atoms with Crippen molar-refractivity contribution < 1.29 is 19.9 Å². The van der Waals surface area contributed by atoms with Crippen molar-refractivity contribution in [2.75, 3.05) is 26.9 Å². The molecule has 2 atom stereocenters. The molecular weight excluding hydrogens is 216 g/mol.